The van der Waals surface area contributed by atoms with E-state index in [4.69, 9.17) is 0 Å². The maximum absolute atomic E-state index is 11.5. The Morgan fingerprint density at radius 1 is 1.43 bits per heavy atom. The standard InChI is InChI=1S/C10H13NO2S/c1-7(2)8-5-3-4-6-9(8)10(12)11-13-14/h3-7,14H,1-2H3,(H,11,12). The lowest BCUT2D eigenvalue weighted by atomic mass is 9.97. The second kappa shape index (κ2) is 5.02. The maximum atomic E-state index is 11.5. The topological polar surface area (TPSA) is 38.3 Å². The molecule has 0 saturated heterocycles. The van der Waals surface area contributed by atoms with Crippen molar-refractivity contribution in [3.63, 3.8) is 0 Å². The molecule has 1 amide bonds. The summed E-state index contributed by atoms with van der Waals surface area (Å²) in [7, 11) is 0. The highest BCUT2D eigenvalue weighted by Crippen LogP contribution is 2.18. The molecule has 0 fully saturated rings. The maximum Gasteiger partial charge on any atom is 0.276 e. The lowest BCUT2D eigenvalue weighted by Gasteiger charge is -2.10. The van der Waals surface area contributed by atoms with Gasteiger partial charge in [0.15, 0.2) is 0 Å². The molecule has 0 spiro atoms. The van der Waals surface area contributed by atoms with E-state index in [1.807, 2.05) is 32.0 Å². The van der Waals surface area contributed by atoms with Gasteiger partial charge in [-0.3, -0.25) is 4.79 Å². The Balaban J connectivity index is 3.00. The zero-order valence-corrected chi connectivity index (χ0v) is 9.04. The van der Waals surface area contributed by atoms with Crippen LogP contribution in [0.5, 0.6) is 0 Å². The number of carbonyl (C=O) groups is 1. The van der Waals surface area contributed by atoms with Crippen LogP contribution in [-0.4, -0.2) is 5.91 Å². The second-order valence-corrected chi connectivity index (χ2v) is 3.45. The molecule has 1 aromatic rings. The van der Waals surface area contributed by atoms with Gasteiger partial charge in [0, 0.05) is 18.5 Å². The van der Waals surface area contributed by atoms with Crippen LogP contribution in [0.25, 0.3) is 0 Å². The number of nitrogens with one attached hydrogen (secondary N) is 1. The summed E-state index contributed by atoms with van der Waals surface area (Å²) >= 11 is 3.46. The van der Waals surface area contributed by atoms with Crippen LogP contribution in [0.4, 0.5) is 0 Å². The molecule has 0 aromatic heterocycles. The quantitative estimate of drug-likeness (QED) is 0.457. The molecular formula is C10H13NO2S. The van der Waals surface area contributed by atoms with Gasteiger partial charge in [-0.25, -0.2) is 9.76 Å². The van der Waals surface area contributed by atoms with Crippen LogP contribution in [-0.2, 0) is 4.28 Å². The summed E-state index contributed by atoms with van der Waals surface area (Å²) in [5.74, 6) is 0.0289. The van der Waals surface area contributed by atoms with Gasteiger partial charge in [-0.15, -0.1) is 0 Å². The van der Waals surface area contributed by atoms with Gasteiger partial charge in [0.2, 0.25) is 0 Å². The van der Waals surface area contributed by atoms with Crippen LogP contribution in [0.2, 0.25) is 0 Å². The number of hydroxylamine groups is 1. The van der Waals surface area contributed by atoms with Crippen LogP contribution in [0.3, 0.4) is 0 Å². The zero-order chi connectivity index (χ0) is 10.6. The molecule has 1 rings (SSSR count). The largest absolute Gasteiger partial charge is 0.276 e. The molecule has 4 heteroatoms. The first-order valence-electron chi connectivity index (χ1n) is 4.36. The summed E-state index contributed by atoms with van der Waals surface area (Å²) < 4.78 is 4.29. The van der Waals surface area contributed by atoms with E-state index in [-0.39, 0.29) is 5.91 Å². The Hall–Kier alpha value is -1.00. The fraction of sp³-hybridized carbons (Fsp3) is 0.300. The number of amides is 1. The molecule has 76 valence electrons. The van der Waals surface area contributed by atoms with Gasteiger partial charge in [0.1, 0.15) is 0 Å². The number of rotatable bonds is 3. The molecule has 0 atom stereocenters. The molecule has 1 N–H and O–H groups in total. The van der Waals surface area contributed by atoms with Crippen molar-refractivity contribution >= 4 is 18.8 Å². The molecule has 0 aliphatic rings. The molecule has 0 radical (unpaired) electrons. The lowest BCUT2D eigenvalue weighted by molar-refractivity contribution is 0.0801. The third-order valence-electron chi connectivity index (χ3n) is 1.97. The number of thiol groups is 1. The number of hydrogen-bond donors (Lipinski definition) is 2. The van der Waals surface area contributed by atoms with Gasteiger partial charge < -0.3 is 0 Å². The van der Waals surface area contributed by atoms with E-state index < -0.39 is 0 Å². The third kappa shape index (κ3) is 2.49. The minimum absolute atomic E-state index is 0.274. The Bertz CT molecular complexity index is 326. The van der Waals surface area contributed by atoms with Gasteiger partial charge in [0.25, 0.3) is 5.91 Å². The van der Waals surface area contributed by atoms with Gasteiger partial charge in [-0.1, -0.05) is 32.0 Å². The average Bonchev–Trinajstić information content (AvgIpc) is 2.18. The van der Waals surface area contributed by atoms with Gasteiger partial charge in [-0.2, -0.15) is 0 Å². The van der Waals surface area contributed by atoms with Crippen molar-refractivity contribution in [1.82, 2.24) is 5.48 Å². The van der Waals surface area contributed by atoms with Crippen molar-refractivity contribution in [2.75, 3.05) is 0 Å². The first-order valence-corrected chi connectivity index (χ1v) is 4.73. The molecule has 0 unspecified atom stereocenters. The SMILES string of the molecule is CC(C)c1ccccc1C(=O)NOS. The monoisotopic (exact) mass is 211 g/mol. The summed E-state index contributed by atoms with van der Waals surface area (Å²) in [6.07, 6.45) is 0. The number of benzene rings is 1. The average molecular weight is 211 g/mol. The van der Waals surface area contributed by atoms with Crippen LogP contribution < -0.4 is 5.48 Å². The van der Waals surface area contributed by atoms with Crippen LogP contribution >= 0.6 is 12.9 Å². The van der Waals surface area contributed by atoms with E-state index in [1.165, 1.54) is 0 Å². The highest BCUT2D eigenvalue weighted by molar-refractivity contribution is 7.75. The van der Waals surface area contributed by atoms with Crippen molar-refractivity contribution < 1.29 is 9.08 Å². The molecule has 0 bridgehead atoms. The minimum Gasteiger partial charge on any atom is -0.267 e. The fourth-order valence-electron chi connectivity index (χ4n) is 1.30. The van der Waals surface area contributed by atoms with Gasteiger partial charge in [-0.05, 0) is 17.5 Å². The van der Waals surface area contributed by atoms with Crippen molar-refractivity contribution in [3.05, 3.63) is 35.4 Å². The normalized spacial score (nSPS) is 10.3. The first-order chi connectivity index (χ1) is 6.66. The molecule has 1 aromatic carbocycles. The predicted octanol–water partition coefficient (Wildman–Crippen LogP) is 2.32. The number of hydrogen-bond acceptors (Lipinski definition) is 3. The van der Waals surface area contributed by atoms with Crippen molar-refractivity contribution in [1.29, 1.82) is 0 Å². The third-order valence-corrected chi connectivity index (χ3v) is 2.06. The van der Waals surface area contributed by atoms with E-state index in [9.17, 15) is 4.79 Å². The molecule has 3 nitrogen and oxygen atoms in total. The summed E-state index contributed by atoms with van der Waals surface area (Å²) in [6, 6.07) is 7.42. The molecule has 14 heavy (non-hydrogen) atoms. The molecule has 0 heterocycles. The first kappa shape index (κ1) is 11.1. The van der Waals surface area contributed by atoms with Crippen molar-refractivity contribution in [2.45, 2.75) is 19.8 Å². The second-order valence-electron chi connectivity index (χ2n) is 3.26. The van der Waals surface area contributed by atoms with E-state index in [1.54, 1.807) is 6.07 Å². The van der Waals surface area contributed by atoms with E-state index in [2.05, 4.69) is 22.7 Å². The lowest BCUT2D eigenvalue weighted by Crippen LogP contribution is -2.21. The Morgan fingerprint density at radius 2 is 2.07 bits per heavy atom. The Morgan fingerprint density at radius 3 is 2.64 bits per heavy atom. The minimum atomic E-state index is -0.274. The van der Waals surface area contributed by atoms with E-state index in [0.29, 0.717) is 11.5 Å². The molecule has 0 aliphatic heterocycles. The molecule has 0 saturated carbocycles. The van der Waals surface area contributed by atoms with Crippen molar-refractivity contribution in [3.8, 4) is 0 Å². The van der Waals surface area contributed by atoms with Crippen molar-refractivity contribution in [2.24, 2.45) is 0 Å². The summed E-state index contributed by atoms with van der Waals surface area (Å²) in [6.45, 7) is 4.07. The van der Waals surface area contributed by atoms with Crippen LogP contribution in [0.1, 0.15) is 35.7 Å². The Labute approximate surface area is 89.0 Å². The fourth-order valence-corrected chi connectivity index (χ4v) is 1.39. The van der Waals surface area contributed by atoms with Crippen LogP contribution in [0, 0.1) is 0 Å². The molecule has 0 aliphatic carbocycles. The molecular weight excluding hydrogens is 198 g/mol. The summed E-state index contributed by atoms with van der Waals surface area (Å²) in [5, 5.41) is 0. The highest BCUT2D eigenvalue weighted by Gasteiger charge is 2.12. The predicted molar refractivity (Wildman–Crippen MR) is 58.1 cm³/mol. The van der Waals surface area contributed by atoms with Gasteiger partial charge >= 0.3 is 0 Å². The number of carbonyl (C=O) groups excluding carboxylic acids is 1. The Kier molecular flexibility index (Phi) is 3.98. The van der Waals surface area contributed by atoms with Crippen LogP contribution in [0.15, 0.2) is 24.3 Å². The van der Waals surface area contributed by atoms with E-state index >= 15 is 0 Å². The van der Waals surface area contributed by atoms with E-state index in [0.717, 1.165) is 5.56 Å². The zero-order valence-electron chi connectivity index (χ0n) is 8.15. The highest BCUT2D eigenvalue weighted by atomic mass is 32.1. The summed E-state index contributed by atoms with van der Waals surface area (Å²) in [5.41, 5.74) is 3.80. The van der Waals surface area contributed by atoms with Gasteiger partial charge in [0.05, 0.1) is 0 Å². The smallest absolute Gasteiger partial charge is 0.267 e. The summed E-state index contributed by atoms with van der Waals surface area (Å²) in [4.78, 5) is 11.5.